The molecule has 1 amide bonds. The van der Waals surface area contributed by atoms with Gasteiger partial charge in [-0.3, -0.25) is 4.79 Å². The van der Waals surface area contributed by atoms with E-state index < -0.39 is 0 Å². The number of nitrogens with zero attached hydrogens (tertiary/aromatic N) is 1. The second-order valence-electron chi connectivity index (χ2n) is 5.55. The van der Waals surface area contributed by atoms with Crippen molar-refractivity contribution < 1.29 is 4.79 Å². The fraction of sp³-hybridized carbons (Fsp3) is 0.923. The highest BCUT2D eigenvalue weighted by atomic mass is 35.5. The molecule has 6 heteroatoms. The lowest BCUT2D eigenvalue weighted by Gasteiger charge is -2.13. The van der Waals surface area contributed by atoms with Crippen molar-refractivity contribution in [2.75, 3.05) is 33.2 Å². The summed E-state index contributed by atoms with van der Waals surface area (Å²) in [7, 11) is 2.15. The van der Waals surface area contributed by atoms with Crippen LogP contribution in [0.1, 0.15) is 32.1 Å². The van der Waals surface area contributed by atoms with Crippen LogP contribution in [0.5, 0.6) is 0 Å². The molecular weight excluding hydrogens is 285 g/mol. The molecule has 0 radical (unpaired) electrons. The standard InChI is InChI=1S/C13H25N3O.2ClH/c1-16-8-6-11(10-16)9-15-13(17)5-4-12-3-2-7-14-12;;/h11-12,14H,2-10H2,1H3,(H,15,17);2*1H. The highest BCUT2D eigenvalue weighted by Gasteiger charge is 2.20. The van der Waals surface area contributed by atoms with Crippen LogP contribution in [0, 0.1) is 5.92 Å². The molecule has 2 atom stereocenters. The number of amides is 1. The second-order valence-corrected chi connectivity index (χ2v) is 5.55. The van der Waals surface area contributed by atoms with Gasteiger partial charge in [-0.25, -0.2) is 0 Å². The van der Waals surface area contributed by atoms with E-state index in [1.807, 2.05) is 0 Å². The number of carbonyl (C=O) groups excluding carboxylic acids is 1. The summed E-state index contributed by atoms with van der Waals surface area (Å²) in [5.74, 6) is 0.891. The van der Waals surface area contributed by atoms with Gasteiger partial charge >= 0.3 is 0 Å². The van der Waals surface area contributed by atoms with Crippen LogP contribution in [0.2, 0.25) is 0 Å². The molecule has 0 bridgehead atoms. The average molecular weight is 312 g/mol. The van der Waals surface area contributed by atoms with Crippen molar-refractivity contribution in [3.05, 3.63) is 0 Å². The van der Waals surface area contributed by atoms with Gasteiger partial charge in [0.2, 0.25) is 5.91 Å². The zero-order valence-corrected chi connectivity index (χ0v) is 13.3. The Morgan fingerprint density at radius 2 is 2.16 bits per heavy atom. The monoisotopic (exact) mass is 311 g/mol. The van der Waals surface area contributed by atoms with E-state index in [1.54, 1.807) is 0 Å². The molecule has 2 heterocycles. The fourth-order valence-electron chi connectivity index (χ4n) is 2.85. The maximum absolute atomic E-state index is 11.7. The Balaban J connectivity index is 0.00000162. The highest BCUT2D eigenvalue weighted by Crippen LogP contribution is 2.13. The molecule has 2 saturated heterocycles. The number of carbonyl (C=O) groups is 1. The summed E-state index contributed by atoms with van der Waals surface area (Å²) in [4.78, 5) is 14.0. The number of rotatable bonds is 5. The van der Waals surface area contributed by atoms with E-state index in [2.05, 4.69) is 22.6 Å². The Labute approximate surface area is 128 Å². The SMILES string of the molecule is CN1CCC(CNC(=O)CCC2CCCN2)C1.Cl.Cl. The highest BCUT2D eigenvalue weighted by molar-refractivity contribution is 5.85. The molecule has 2 fully saturated rings. The lowest BCUT2D eigenvalue weighted by atomic mass is 10.1. The van der Waals surface area contributed by atoms with E-state index in [0.29, 0.717) is 18.4 Å². The fourth-order valence-corrected chi connectivity index (χ4v) is 2.85. The first-order chi connectivity index (χ1) is 8.24. The van der Waals surface area contributed by atoms with Gasteiger partial charge in [-0.1, -0.05) is 0 Å². The van der Waals surface area contributed by atoms with Crippen LogP contribution in [-0.4, -0.2) is 50.1 Å². The van der Waals surface area contributed by atoms with Crippen molar-refractivity contribution in [2.45, 2.75) is 38.1 Å². The summed E-state index contributed by atoms with van der Waals surface area (Å²) in [6.45, 7) is 4.29. The van der Waals surface area contributed by atoms with Crippen LogP contribution in [0.25, 0.3) is 0 Å². The molecular formula is C13H27Cl2N3O. The van der Waals surface area contributed by atoms with Gasteiger partial charge in [-0.15, -0.1) is 24.8 Å². The third kappa shape index (κ3) is 6.80. The molecule has 19 heavy (non-hydrogen) atoms. The Morgan fingerprint density at radius 3 is 2.74 bits per heavy atom. The average Bonchev–Trinajstić information content (AvgIpc) is 2.95. The van der Waals surface area contributed by atoms with Crippen molar-refractivity contribution in [1.82, 2.24) is 15.5 Å². The summed E-state index contributed by atoms with van der Waals surface area (Å²) < 4.78 is 0. The molecule has 2 unspecified atom stereocenters. The van der Waals surface area contributed by atoms with Gasteiger partial charge < -0.3 is 15.5 Å². The summed E-state index contributed by atoms with van der Waals surface area (Å²) in [5, 5.41) is 6.50. The Kier molecular flexibility index (Phi) is 9.79. The van der Waals surface area contributed by atoms with E-state index in [-0.39, 0.29) is 30.7 Å². The molecule has 0 aromatic carbocycles. The lowest BCUT2D eigenvalue weighted by molar-refractivity contribution is -0.121. The minimum atomic E-state index is 0. The van der Waals surface area contributed by atoms with Gasteiger partial charge in [0, 0.05) is 25.6 Å². The second kappa shape index (κ2) is 9.81. The molecule has 4 nitrogen and oxygen atoms in total. The molecule has 0 saturated carbocycles. The summed E-state index contributed by atoms with van der Waals surface area (Å²) in [6, 6.07) is 0.582. The van der Waals surface area contributed by atoms with Crippen molar-refractivity contribution in [3.63, 3.8) is 0 Å². The zero-order valence-electron chi connectivity index (χ0n) is 11.7. The lowest BCUT2D eigenvalue weighted by Crippen LogP contribution is -2.31. The molecule has 0 aromatic rings. The first-order valence-corrected chi connectivity index (χ1v) is 6.92. The third-order valence-corrected chi connectivity index (χ3v) is 3.96. The molecule has 2 N–H and O–H groups in total. The van der Waals surface area contributed by atoms with Crippen molar-refractivity contribution in [1.29, 1.82) is 0 Å². The summed E-state index contributed by atoms with van der Waals surface area (Å²) in [5.41, 5.74) is 0. The Hall–Kier alpha value is -0.0300. The van der Waals surface area contributed by atoms with E-state index in [0.717, 1.165) is 26.1 Å². The molecule has 0 aromatic heterocycles. The van der Waals surface area contributed by atoms with E-state index in [1.165, 1.54) is 25.8 Å². The van der Waals surface area contributed by atoms with Crippen LogP contribution in [0.15, 0.2) is 0 Å². The van der Waals surface area contributed by atoms with Gasteiger partial charge in [0.15, 0.2) is 0 Å². The number of nitrogens with one attached hydrogen (secondary N) is 2. The van der Waals surface area contributed by atoms with Crippen LogP contribution >= 0.6 is 24.8 Å². The maximum atomic E-state index is 11.7. The van der Waals surface area contributed by atoms with Gasteiger partial charge in [-0.2, -0.15) is 0 Å². The van der Waals surface area contributed by atoms with Gasteiger partial charge in [-0.05, 0) is 51.7 Å². The van der Waals surface area contributed by atoms with Gasteiger partial charge in [0.25, 0.3) is 0 Å². The number of hydrogen-bond acceptors (Lipinski definition) is 3. The predicted octanol–water partition coefficient (Wildman–Crippen LogP) is 1.43. The van der Waals surface area contributed by atoms with Gasteiger partial charge in [0.1, 0.15) is 0 Å². The largest absolute Gasteiger partial charge is 0.356 e. The smallest absolute Gasteiger partial charge is 0.220 e. The third-order valence-electron chi connectivity index (χ3n) is 3.96. The van der Waals surface area contributed by atoms with Crippen LogP contribution in [0.4, 0.5) is 0 Å². The molecule has 2 rings (SSSR count). The van der Waals surface area contributed by atoms with E-state index in [4.69, 9.17) is 0 Å². The van der Waals surface area contributed by atoms with Crippen LogP contribution in [-0.2, 0) is 4.79 Å². The minimum absolute atomic E-state index is 0. The normalized spacial score (nSPS) is 26.6. The quantitative estimate of drug-likeness (QED) is 0.807. The maximum Gasteiger partial charge on any atom is 0.220 e. The van der Waals surface area contributed by atoms with Crippen molar-refractivity contribution in [3.8, 4) is 0 Å². The molecule has 2 aliphatic rings. The zero-order chi connectivity index (χ0) is 12.1. The Morgan fingerprint density at radius 1 is 1.37 bits per heavy atom. The number of hydrogen-bond donors (Lipinski definition) is 2. The van der Waals surface area contributed by atoms with E-state index >= 15 is 0 Å². The topological polar surface area (TPSA) is 44.4 Å². The number of halogens is 2. The van der Waals surface area contributed by atoms with Crippen molar-refractivity contribution >= 4 is 30.7 Å². The summed E-state index contributed by atoms with van der Waals surface area (Å²) >= 11 is 0. The first kappa shape index (κ1) is 19.0. The van der Waals surface area contributed by atoms with Gasteiger partial charge in [0.05, 0.1) is 0 Å². The predicted molar refractivity (Wildman–Crippen MR) is 83.4 cm³/mol. The Bertz CT molecular complexity index is 260. The molecule has 114 valence electrons. The molecule has 0 spiro atoms. The number of likely N-dealkylation sites (tertiary alicyclic amines) is 1. The molecule has 0 aliphatic carbocycles. The van der Waals surface area contributed by atoms with Crippen molar-refractivity contribution in [2.24, 2.45) is 5.92 Å². The van der Waals surface area contributed by atoms with Crippen LogP contribution in [0.3, 0.4) is 0 Å². The minimum Gasteiger partial charge on any atom is -0.356 e. The first-order valence-electron chi connectivity index (χ1n) is 6.92. The van der Waals surface area contributed by atoms with Crippen LogP contribution < -0.4 is 10.6 Å². The van der Waals surface area contributed by atoms with E-state index in [9.17, 15) is 4.79 Å². The summed E-state index contributed by atoms with van der Waals surface area (Å²) in [6.07, 6.45) is 5.40. The molecule has 2 aliphatic heterocycles.